The third-order valence-corrected chi connectivity index (χ3v) is 5.31. The van der Waals surface area contributed by atoms with E-state index >= 15 is 0 Å². The van der Waals surface area contributed by atoms with Crippen molar-refractivity contribution in [3.63, 3.8) is 0 Å². The summed E-state index contributed by atoms with van der Waals surface area (Å²) in [5.74, 6) is -0.855. The SMILES string of the molecule is COC(=O)c1ccc2c(Br)c(CCOC(=O)c3ccc4cc(C)nn4c3)nn2c1. The highest BCUT2D eigenvalue weighted by atomic mass is 79.9. The maximum absolute atomic E-state index is 12.3. The number of rotatable bonds is 5. The minimum Gasteiger partial charge on any atom is -0.465 e. The number of hydrogen-bond donors (Lipinski definition) is 0. The van der Waals surface area contributed by atoms with Crippen LogP contribution in [0.3, 0.4) is 0 Å². The molecular formula is C20H17BrN4O4. The normalized spacial score (nSPS) is 11.1. The number of hydrogen-bond acceptors (Lipinski definition) is 6. The van der Waals surface area contributed by atoms with Gasteiger partial charge in [-0.25, -0.2) is 18.6 Å². The Labute approximate surface area is 174 Å². The Bertz CT molecular complexity index is 1240. The third-order valence-electron chi connectivity index (χ3n) is 4.45. The van der Waals surface area contributed by atoms with Gasteiger partial charge in [-0.05, 0) is 53.2 Å². The van der Waals surface area contributed by atoms with Crippen molar-refractivity contribution < 1.29 is 19.1 Å². The smallest absolute Gasteiger partial charge is 0.339 e. The highest BCUT2D eigenvalue weighted by Crippen LogP contribution is 2.24. The Balaban J connectivity index is 1.45. The van der Waals surface area contributed by atoms with E-state index in [0.717, 1.165) is 26.9 Å². The first kappa shape index (κ1) is 19.1. The van der Waals surface area contributed by atoms with E-state index < -0.39 is 11.9 Å². The number of ether oxygens (including phenoxy) is 2. The Kier molecular flexibility index (Phi) is 5.06. The van der Waals surface area contributed by atoms with Crippen molar-refractivity contribution in [2.24, 2.45) is 0 Å². The van der Waals surface area contributed by atoms with Gasteiger partial charge in [-0.2, -0.15) is 10.2 Å². The highest BCUT2D eigenvalue weighted by Gasteiger charge is 2.15. The summed E-state index contributed by atoms with van der Waals surface area (Å²) in [5, 5.41) is 8.76. The number of esters is 2. The molecule has 29 heavy (non-hydrogen) atoms. The fourth-order valence-corrected chi connectivity index (χ4v) is 3.62. The van der Waals surface area contributed by atoms with Crippen LogP contribution in [0.5, 0.6) is 0 Å². The molecule has 148 valence electrons. The molecule has 0 bridgehead atoms. The van der Waals surface area contributed by atoms with Gasteiger partial charge >= 0.3 is 11.9 Å². The second-order valence-electron chi connectivity index (χ2n) is 6.46. The average Bonchev–Trinajstić information content (AvgIpc) is 3.25. The minimum atomic E-state index is -0.432. The zero-order chi connectivity index (χ0) is 20.5. The summed E-state index contributed by atoms with van der Waals surface area (Å²) in [5.41, 5.74) is 4.15. The summed E-state index contributed by atoms with van der Waals surface area (Å²) in [6, 6.07) is 8.93. The van der Waals surface area contributed by atoms with Crippen LogP contribution in [0.15, 0.2) is 47.2 Å². The number of pyridine rings is 2. The van der Waals surface area contributed by atoms with Crippen molar-refractivity contribution in [3.05, 3.63) is 69.7 Å². The van der Waals surface area contributed by atoms with Crippen LogP contribution in [0.2, 0.25) is 0 Å². The van der Waals surface area contributed by atoms with E-state index in [2.05, 4.69) is 26.1 Å². The molecule has 0 radical (unpaired) electrons. The van der Waals surface area contributed by atoms with Gasteiger partial charge < -0.3 is 9.47 Å². The van der Waals surface area contributed by atoms with E-state index in [1.54, 1.807) is 39.6 Å². The van der Waals surface area contributed by atoms with Crippen molar-refractivity contribution in [3.8, 4) is 0 Å². The largest absolute Gasteiger partial charge is 0.465 e. The quantitative estimate of drug-likeness (QED) is 0.428. The van der Waals surface area contributed by atoms with Crippen LogP contribution in [0, 0.1) is 6.92 Å². The zero-order valence-electron chi connectivity index (χ0n) is 15.8. The van der Waals surface area contributed by atoms with Crippen LogP contribution in [-0.2, 0) is 15.9 Å². The van der Waals surface area contributed by atoms with E-state index in [-0.39, 0.29) is 6.61 Å². The lowest BCUT2D eigenvalue weighted by Gasteiger charge is -2.04. The number of methoxy groups -OCH3 is 1. The topological polar surface area (TPSA) is 87.2 Å². The van der Waals surface area contributed by atoms with Crippen LogP contribution in [0.4, 0.5) is 0 Å². The van der Waals surface area contributed by atoms with E-state index in [4.69, 9.17) is 9.47 Å². The lowest BCUT2D eigenvalue weighted by Crippen LogP contribution is -2.09. The Morgan fingerprint density at radius 1 is 1.03 bits per heavy atom. The number of aromatic nitrogens is 4. The van der Waals surface area contributed by atoms with Gasteiger partial charge in [0, 0.05) is 18.8 Å². The second-order valence-corrected chi connectivity index (χ2v) is 7.25. The van der Waals surface area contributed by atoms with Crippen molar-refractivity contribution in [1.82, 2.24) is 19.2 Å². The molecule has 0 fully saturated rings. The second kappa shape index (κ2) is 7.67. The molecule has 0 saturated heterocycles. The Morgan fingerprint density at radius 3 is 2.55 bits per heavy atom. The summed E-state index contributed by atoms with van der Waals surface area (Å²) in [6.07, 6.45) is 3.67. The Morgan fingerprint density at radius 2 is 1.76 bits per heavy atom. The first-order chi connectivity index (χ1) is 14.0. The molecule has 0 aliphatic heterocycles. The van der Waals surface area contributed by atoms with Crippen LogP contribution >= 0.6 is 15.9 Å². The molecule has 0 unspecified atom stereocenters. The standard InChI is InChI=1S/C20H17BrN4O4/c1-12-9-15-5-3-14(10-24(15)22-12)20(27)29-8-7-16-18(21)17-6-4-13(19(26)28-2)11-25(17)23-16/h3-6,9-11H,7-8H2,1-2H3. The molecule has 0 N–H and O–H groups in total. The maximum Gasteiger partial charge on any atom is 0.339 e. The lowest BCUT2D eigenvalue weighted by molar-refractivity contribution is 0.0506. The number of carbonyl (C=O) groups excluding carboxylic acids is 2. The van der Waals surface area contributed by atoms with Crippen LogP contribution in [0.25, 0.3) is 11.0 Å². The molecule has 0 amide bonds. The van der Waals surface area contributed by atoms with Gasteiger partial charge in [-0.15, -0.1) is 0 Å². The third kappa shape index (κ3) is 3.73. The number of fused-ring (bicyclic) bond motifs is 2. The molecule has 4 aromatic heterocycles. The van der Waals surface area contributed by atoms with Gasteiger partial charge in [0.25, 0.3) is 0 Å². The molecule has 0 aliphatic rings. The van der Waals surface area contributed by atoms with Crippen molar-refractivity contribution >= 4 is 38.9 Å². The first-order valence-corrected chi connectivity index (χ1v) is 9.64. The van der Waals surface area contributed by atoms with Gasteiger partial charge in [-0.1, -0.05) is 0 Å². The predicted molar refractivity (Wildman–Crippen MR) is 108 cm³/mol. The predicted octanol–water partition coefficient (Wildman–Crippen LogP) is 3.24. The van der Waals surface area contributed by atoms with Gasteiger partial charge in [0.2, 0.25) is 0 Å². The summed E-state index contributed by atoms with van der Waals surface area (Å²) < 4.78 is 14.2. The summed E-state index contributed by atoms with van der Waals surface area (Å²) in [6.45, 7) is 2.06. The minimum absolute atomic E-state index is 0.168. The zero-order valence-corrected chi connectivity index (χ0v) is 17.3. The Hall–Kier alpha value is -3.20. The fourth-order valence-electron chi connectivity index (χ4n) is 3.02. The fraction of sp³-hybridized carbons (Fsp3) is 0.200. The van der Waals surface area contributed by atoms with E-state index in [1.807, 2.05) is 19.1 Å². The molecule has 4 rings (SSSR count). The molecule has 4 aromatic rings. The van der Waals surface area contributed by atoms with E-state index in [1.165, 1.54) is 7.11 Å². The van der Waals surface area contributed by atoms with Gasteiger partial charge in [0.1, 0.15) is 0 Å². The van der Waals surface area contributed by atoms with Crippen LogP contribution in [0.1, 0.15) is 32.1 Å². The maximum atomic E-state index is 12.3. The van der Waals surface area contributed by atoms with Gasteiger partial charge in [0.15, 0.2) is 0 Å². The number of nitrogens with zero attached hydrogens (tertiary/aromatic N) is 4. The van der Waals surface area contributed by atoms with E-state index in [9.17, 15) is 9.59 Å². The summed E-state index contributed by atoms with van der Waals surface area (Å²) in [7, 11) is 1.33. The number of aryl methyl sites for hydroxylation is 1. The molecule has 0 aromatic carbocycles. The highest BCUT2D eigenvalue weighted by molar-refractivity contribution is 9.10. The van der Waals surface area contributed by atoms with Crippen molar-refractivity contribution in [1.29, 1.82) is 0 Å². The summed E-state index contributed by atoms with van der Waals surface area (Å²) in [4.78, 5) is 24.0. The molecule has 0 saturated carbocycles. The number of carbonyl (C=O) groups is 2. The number of halogens is 1. The molecule has 0 aliphatic carbocycles. The molecular weight excluding hydrogens is 440 g/mol. The molecule has 0 atom stereocenters. The van der Waals surface area contributed by atoms with Gasteiger partial charge in [0.05, 0.1) is 51.7 Å². The van der Waals surface area contributed by atoms with Gasteiger partial charge in [-0.3, -0.25) is 0 Å². The summed E-state index contributed by atoms with van der Waals surface area (Å²) >= 11 is 3.52. The average molecular weight is 457 g/mol. The first-order valence-electron chi connectivity index (χ1n) is 8.84. The monoisotopic (exact) mass is 456 g/mol. The van der Waals surface area contributed by atoms with Crippen molar-refractivity contribution in [2.75, 3.05) is 13.7 Å². The molecule has 4 heterocycles. The molecule has 0 spiro atoms. The van der Waals surface area contributed by atoms with Crippen molar-refractivity contribution in [2.45, 2.75) is 13.3 Å². The van der Waals surface area contributed by atoms with Crippen LogP contribution < -0.4 is 0 Å². The molecule has 9 heteroatoms. The van der Waals surface area contributed by atoms with Crippen LogP contribution in [-0.4, -0.2) is 44.9 Å². The lowest BCUT2D eigenvalue weighted by atomic mass is 10.2. The molecule has 8 nitrogen and oxygen atoms in total. The van der Waals surface area contributed by atoms with E-state index in [0.29, 0.717) is 17.5 Å².